The Morgan fingerprint density at radius 1 is 1.39 bits per heavy atom. The van der Waals surface area contributed by atoms with E-state index >= 15 is 0 Å². The lowest BCUT2D eigenvalue weighted by Crippen LogP contribution is -2.42. The average molecular weight is 521 g/mol. The molecule has 0 bridgehead atoms. The highest BCUT2D eigenvalue weighted by Crippen LogP contribution is 2.27. The number of aliphatic imine (C=N–C) groups is 1. The first-order valence-corrected chi connectivity index (χ1v) is 10.6. The van der Waals surface area contributed by atoms with Crippen LogP contribution in [0, 0.1) is 5.92 Å². The molecule has 0 spiro atoms. The van der Waals surface area contributed by atoms with Gasteiger partial charge in [0.25, 0.3) is 0 Å². The van der Waals surface area contributed by atoms with E-state index in [2.05, 4.69) is 41.2 Å². The molecule has 0 radical (unpaired) electrons. The van der Waals surface area contributed by atoms with E-state index in [1.54, 1.807) is 0 Å². The van der Waals surface area contributed by atoms with Crippen LogP contribution in [-0.2, 0) is 4.74 Å². The van der Waals surface area contributed by atoms with E-state index in [4.69, 9.17) is 21.3 Å². The standard InChI is InChI=1S/C21H33ClN4O.HI/c1-3-23-21(25(2)15-17-9-12-27-16-17)24-14-20(26-10-4-5-11-26)18-7-6-8-19(22)13-18;/h6-8,13,17,20H,3-5,9-12,14-16H2,1-2H3,(H,23,24);1H. The number of ether oxygens (including phenoxy) is 1. The molecule has 0 saturated carbocycles. The molecule has 2 unspecified atom stereocenters. The third-order valence-corrected chi connectivity index (χ3v) is 5.72. The van der Waals surface area contributed by atoms with Gasteiger partial charge in [-0.2, -0.15) is 0 Å². The van der Waals surface area contributed by atoms with E-state index in [0.29, 0.717) is 5.92 Å². The number of rotatable bonds is 7. The fourth-order valence-electron chi connectivity index (χ4n) is 4.04. The molecule has 0 aromatic heterocycles. The zero-order valence-electron chi connectivity index (χ0n) is 17.1. The third-order valence-electron chi connectivity index (χ3n) is 5.48. The monoisotopic (exact) mass is 520 g/mol. The van der Waals surface area contributed by atoms with Gasteiger partial charge in [0.15, 0.2) is 5.96 Å². The number of likely N-dealkylation sites (tertiary alicyclic amines) is 1. The predicted molar refractivity (Wildman–Crippen MR) is 128 cm³/mol. The molecule has 2 fully saturated rings. The molecular weight excluding hydrogens is 487 g/mol. The summed E-state index contributed by atoms with van der Waals surface area (Å²) in [7, 11) is 2.13. The summed E-state index contributed by atoms with van der Waals surface area (Å²) in [5.41, 5.74) is 1.26. The second-order valence-electron chi connectivity index (χ2n) is 7.62. The van der Waals surface area contributed by atoms with Crippen molar-refractivity contribution in [3.63, 3.8) is 0 Å². The SMILES string of the molecule is CCNC(=NCC(c1cccc(Cl)c1)N1CCCC1)N(C)CC1CCOC1.I. The smallest absolute Gasteiger partial charge is 0.193 e. The molecule has 0 aliphatic carbocycles. The Labute approximate surface area is 191 Å². The normalized spacial score (nSPS) is 21.4. The second kappa shape index (κ2) is 12.2. The highest BCUT2D eigenvalue weighted by atomic mass is 127. The number of benzene rings is 1. The number of nitrogens with zero attached hydrogens (tertiary/aromatic N) is 3. The van der Waals surface area contributed by atoms with Crippen LogP contribution in [0.2, 0.25) is 5.02 Å². The molecule has 1 aromatic rings. The zero-order chi connectivity index (χ0) is 19.1. The van der Waals surface area contributed by atoms with Crippen LogP contribution in [0.3, 0.4) is 0 Å². The summed E-state index contributed by atoms with van der Waals surface area (Å²) in [6.07, 6.45) is 3.67. The first-order chi connectivity index (χ1) is 13.2. The van der Waals surface area contributed by atoms with Crippen LogP contribution in [0.4, 0.5) is 0 Å². The first-order valence-electron chi connectivity index (χ1n) is 10.2. The molecule has 1 aromatic carbocycles. The maximum atomic E-state index is 6.27. The first kappa shape index (κ1) is 23.7. The molecule has 28 heavy (non-hydrogen) atoms. The van der Waals surface area contributed by atoms with Gasteiger partial charge in [0.1, 0.15) is 0 Å². The van der Waals surface area contributed by atoms with Gasteiger partial charge in [0.05, 0.1) is 19.2 Å². The van der Waals surface area contributed by atoms with Crippen molar-refractivity contribution in [2.24, 2.45) is 10.9 Å². The average Bonchev–Trinajstić information content (AvgIpc) is 3.35. The van der Waals surface area contributed by atoms with Gasteiger partial charge in [0, 0.05) is 37.7 Å². The summed E-state index contributed by atoms with van der Waals surface area (Å²) >= 11 is 6.27. The van der Waals surface area contributed by atoms with Crippen molar-refractivity contribution >= 4 is 41.5 Å². The Kier molecular flexibility index (Phi) is 10.3. The van der Waals surface area contributed by atoms with Crippen LogP contribution in [0.1, 0.15) is 37.8 Å². The van der Waals surface area contributed by atoms with Crippen molar-refractivity contribution < 1.29 is 4.74 Å². The summed E-state index contributed by atoms with van der Waals surface area (Å²) in [4.78, 5) is 9.81. The van der Waals surface area contributed by atoms with Crippen LogP contribution in [0.15, 0.2) is 29.3 Å². The van der Waals surface area contributed by atoms with Gasteiger partial charge >= 0.3 is 0 Å². The minimum atomic E-state index is 0. The lowest BCUT2D eigenvalue weighted by Gasteiger charge is -2.29. The summed E-state index contributed by atoms with van der Waals surface area (Å²) in [5, 5.41) is 4.25. The Morgan fingerprint density at radius 2 is 2.18 bits per heavy atom. The van der Waals surface area contributed by atoms with Crippen molar-refractivity contribution in [3.05, 3.63) is 34.9 Å². The topological polar surface area (TPSA) is 40.1 Å². The van der Waals surface area contributed by atoms with Crippen LogP contribution in [-0.4, -0.2) is 68.7 Å². The van der Waals surface area contributed by atoms with Gasteiger partial charge in [-0.15, -0.1) is 24.0 Å². The Bertz CT molecular complexity index is 618. The van der Waals surface area contributed by atoms with Crippen molar-refractivity contribution in [1.29, 1.82) is 0 Å². The molecule has 7 heteroatoms. The maximum absolute atomic E-state index is 6.27. The summed E-state index contributed by atoms with van der Waals surface area (Å²) in [5.74, 6) is 1.58. The quantitative estimate of drug-likeness (QED) is 0.335. The molecule has 2 heterocycles. The van der Waals surface area contributed by atoms with Gasteiger partial charge in [0.2, 0.25) is 0 Å². The number of guanidine groups is 1. The molecule has 158 valence electrons. The number of nitrogens with one attached hydrogen (secondary N) is 1. The molecule has 0 amide bonds. The summed E-state index contributed by atoms with van der Waals surface area (Å²) < 4.78 is 5.53. The van der Waals surface area contributed by atoms with E-state index in [1.807, 2.05) is 12.1 Å². The predicted octanol–water partition coefficient (Wildman–Crippen LogP) is 4.03. The largest absolute Gasteiger partial charge is 0.381 e. The van der Waals surface area contributed by atoms with Crippen molar-refractivity contribution in [2.75, 3.05) is 53.0 Å². The molecule has 2 aliphatic rings. The number of hydrogen-bond acceptors (Lipinski definition) is 3. The fourth-order valence-corrected chi connectivity index (χ4v) is 4.24. The van der Waals surface area contributed by atoms with E-state index in [-0.39, 0.29) is 30.0 Å². The van der Waals surface area contributed by atoms with Crippen LogP contribution >= 0.6 is 35.6 Å². The Balaban J connectivity index is 0.00000280. The lowest BCUT2D eigenvalue weighted by molar-refractivity contribution is 0.181. The highest BCUT2D eigenvalue weighted by molar-refractivity contribution is 14.0. The molecule has 2 aliphatic heterocycles. The van der Waals surface area contributed by atoms with Gasteiger partial charge in [-0.05, 0) is 57.0 Å². The fraction of sp³-hybridized carbons (Fsp3) is 0.667. The van der Waals surface area contributed by atoms with Crippen LogP contribution < -0.4 is 5.32 Å². The maximum Gasteiger partial charge on any atom is 0.193 e. The van der Waals surface area contributed by atoms with Gasteiger partial charge < -0.3 is 15.0 Å². The van der Waals surface area contributed by atoms with Gasteiger partial charge in [-0.25, -0.2) is 0 Å². The van der Waals surface area contributed by atoms with E-state index in [1.165, 1.54) is 18.4 Å². The lowest BCUT2D eigenvalue weighted by atomic mass is 10.1. The highest BCUT2D eigenvalue weighted by Gasteiger charge is 2.24. The molecule has 3 rings (SSSR count). The zero-order valence-corrected chi connectivity index (χ0v) is 20.2. The molecule has 5 nitrogen and oxygen atoms in total. The summed E-state index contributed by atoms with van der Waals surface area (Å²) in [6.45, 7) is 8.75. The summed E-state index contributed by atoms with van der Waals surface area (Å²) in [6, 6.07) is 8.53. The van der Waals surface area contributed by atoms with E-state index < -0.39 is 0 Å². The number of hydrogen-bond donors (Lipinski definition) is 1. The Morgan fingerprint density at radius 3 is 2.82 bits per heavy atom. The molecule has 2 saturated heterocycles. The van der Waals surface area contributed by atoms with Crippen molar-refractivity contribution in [3.8, 4) is 0 Å². The molecule has 1 N–H and O–H groups in total. The van der Waals surface area contributed by atoms with E-state index in [9.17, 15) is 0 Å². The van der Waals surface area contributed by atoms with E-state index in [0.717, 1.165) is 63.3 Å². The van der Waals surface area contributed by atoms with Crippen molar-refractivity contribution in [2.45, 2.75) is 32.2 Å². The van der Waals surface area contributed by atoms with Crippen LogP contribution in [0.25, 0.3) is 0 Å². The number of halogens is 2. The van der Waals surface area contributed by atoms with Crippen molar-refractivity contribution in [1.82, 2.24) is 15.1 Å². The molecular formula is C21H34ClIN4O. The second-order valence-corrected chi connectivity index (χ2v) is 8.06. The minimum absolute atomic E-state index is 0. The third kappa shape index (κ3) is 6.75. The Hall–Kier alpha value is -0.570. The minimum Gasteiger partial charge on any atom is -0.381 e. The molecule has 2 atom stereocenters. The van der Waals surface area contributed by atoms with Gasteiger partial charge in [-0.1, -0.05) is 23.7 Å². The van der Waals surface area contributed by atoms with Crippen LogP contribution in [0.5, 0.6) is 0 Å². The van der Waals surface area contributed by atoms with Gasteiger partial charge in [-0.3, -0.25) is 9.89 Å².